The van der Waals surface area contributed by atoms with Crippen molar-refractivity contribution in [3.05, 3.63) is 0 Å². The van der Waals surface area contributed by atoms with Crippen molar-refractivity contribution in [2.45, 2.75) is 38.9 Å². The predicted molar refractivity (Wildman–Crippen MR) is 47.5 cm³/mol. The molecule has 0 aliphatic carbocycles. The Hall–Kier alpha value is 0.150. The van der Waals surface area contributed by atoms with E-state index in [1.165, 1.54) is 0 Å². The largest absolute Gasteiger partial charge is 0.299 e. The number of carbonyl (C=O) groups is 1. The van der Waals surface area contributed by atoms with E-state index in [-0.39, 0.29) is 5.41 Å². The molecule has 1 nitrogen and oxygen atoms in total. The van der Waals surface area contributed by atoms with Crippen LogP contribution in [0.15, 0.2) is 0 Å². The van der Waals surface area contributed by atoms with E-state index in [0.717, 1.165) is 0 Å². The Morgan fingerprint density at radius 3 is 2.00 bits per heavy atom. The Morgan fingerprint density at radius 1 is 1.50 bits per heavy atom. The summed E-state index contributed by atoms with van der Waals surface area (Å²) >= 11 is 3.35. The molecular formula is C8H15BrO. The highest BCUT2D eigenvalue weighted by atomic mass is 79.9. The van der Waals surface area contributed by atoms with E-state index in [1.807, 2.05) is 27.7 Å². The Bertz CT molecular complexity index is 122. The molecule has 0 aliphatic rings. The van der Waals surface area contributed by atoms with Gasteiger partial charge in [0, 0.05) is 16.7 Å². The molecule has 0 spiro atoms. The maximum Gasteiger partial charge on any atom is 0.139 e. The highest BCUT2D eigenvalue weighted by Crippen LogP contribution is 2.19. The molecule has 60 valence electrons. The molecule has 0 rings (SSSR count). The van der Waals surface area contributed by atoms with E-state index in [2.05, 4.69) is 15.9 Å². The molecule has 1 unspecified atom stereocenters. The summed E-state index contributed by atoms with van der Waals surface area (Å²) in [4.78, 5) is 11.5. The lowest BCUT2D eigenvalue weighted by atomic mass is 9.88. The van der Waals surface area contributed by atoms with Crippen molar-refractivity contribution in [2.75, 3.05) is 0 Å². The Morgan fingerprint density at radius 2 is 1.90 bits per heavy atom. The fourth-order valence-electron chi connectivity index (χ4n) is 0.562. The number of hydrogen-bond acceptors (Lipinski definition) is 1. The lowest BCUT2D eigenvalue weighted by Crippen LogP contribution is -2.22. The standard InChI is InChI=1S/C8H15BrO/c1-6(9)5-7(10)8(2,3)4/h6H,5H2,1-4H3. The van der Waals surface area contributed by atoms with E-state index in [1.54, 1.807) is 0 Å². The van der Waals surface area contributed by atoms with Crippen molar-refractivity contribution in [3.63, 3.8) is 0 Å². The zero-order valence-corrected chi connectivity index (χ0v) is 8.66. The summed E-state index contributed by atoms with van der Waals surface area (Å²) in [5.74, 6) is 0.317. The maximum absolute atomic E-state index is 11.2. The van der Waals surface area contributed by atoms with Crippen molar-refractivity contribution in [1.29, 1.82) is 0 Å². The van der Waals surface area contributed by atoms with Crippen LogP contribution in [0.25, 0.3) is 0 Å². The van der Waals surface area contributed by atoms with Crippen molar-refractivity contribution >= 4 is 21.7 Å². The number of ketones is 1. The molecule has 0 aromatic carbocycles. The van der Waals surface area contributed by atoms with Gasteiger partial charge in [0.2, 0.25) is 0 Å². The normalized spacial score (nSPS) is 14.9. The fourth-order valence-corrected chi connectivity index (χ4v) is 0.856. The molecule has 0 amide bonds. The van der Waals surface area contributed by atoms with Gasteiger partial charge in [0.15, 0.2) is 0 Å². The van der Waals surface area contributed by atoms with Gasteiger partial charge in [-0.15, -0.1) is 0 Å². The lowest BCUT2D eigenvalue weighted by molar-refractivity contribution is -0.126. The van der Waals surface area contributed by atoms with Crippen LogP contribution in [-0.4, -0.2) is 10.6 Å². The van der Waals surface area contributed by atoms with Gasteiger partial charge in [-0.25, -0.2) is 0 Å². The third kappa shape index (κ3) is 4.04. The van der Waals surface area contributed by atoms with Crippen molar-refractivity contribution in [2.24, 2.45) is 5.41 Å². The second kappa shape index (κ2) is 3.51. The quantitative estimate of drug-likeness (QED) is 0.636. The summed E-state index contributed by atoms with van der Waals surface area (Å²) in [5, 5.41) is 0. The van der Waals surface area contributed by atoms with Gasteiger partial charge in [-0.1, -0.05) is 43.6 Å². The van der Waals surface area contributed by atoms with Crippen molar-refractivity contribution in [1.82, 2.24) is 0 Å². The van der Waals surface area contributed by atoms with Crippen LogP contribution in [0.5, 0.6) is 0 Å². The van der Waals surface area contributed by atoms with Crippen LogP contribution in [0.4, 0.5) is 0 Å². The minimum atomic E-state index is -0.179. The molecule has 0 saturated carbocycles. The van der Waals surface area contributed by atoms with Gasteiger partial charge in [0.05, 0.1) is 0 Å². The molecule has 0 radical (unpaired) electrons. The fraction of sp³-hybridized carbons (Fsp3) is 0.875. The SMILES string of the molecule is CC(Br)CC(=O)C(C)(C)C. The highest BCUT2D eigenvalue weighted by molar-refractivity contribution is 9.09. The van der Waals surface area contributed by atoms with E-state index < -0.39 is 0 Å². The van der Waals surface area contributed by atoms with Crippen LogP contribution in [0.2, 0.25) is 0 Å². The monoisotopic (exact) mass is 206 g/mol. The molecule has 0 aliphatic heterocycles. The summed E-state index contributed by atoms with van der Waals surface area (Å²) in [6.45, 7) is 7.84. The van der Waals surface area contributed by atoms with Crippen LogP contribution < -0.4 is 0 Å². The molecule has 0 N–H and O–H groups in total. The van der Waals surface area contributed by atoms with E-state index in [4.69, 9.17) is 0 Å². The third-order valence-corrected chi connectivity index (χ3v) is 1.63. The zero-order chi connectivity index (χ0) is 8.36. The summed E-state index contributed by atoms with van der Waals surface area (Å²) in [7, 11) is 0. The lowest BCUT2D eigenvalue weighted by Gasteiger charge is -2.16. The maximum atomic E-state index is 11.2. The number of alkyl halides is 1. The topological polar surface area (TPSA) is 17.1 Å². The Balaban J connectivity index is 3.87. The molecule has 0 aromatic heterocycles. The van der Waals surface area contributed by atoms with Crippen LogP contribution in [0.3, 0.4) is 0 Å². The van der Waals surface area contributed by atoms with Crippen molar-refractivity contribution in [3.8, 4) is 0 Å². The van der Waals surface area contributed by atoms with Crippen molar-refractivity contribution < 1.29 is 4.79 Å². The Labute approximate surface area is 71.3 Å². The number of halogens is 1. The van der Waals surface area contributed by atoms with Gasteiger partial charge in [0.1, 0.15) is 5.78 Å². The molecule has 1 atom stereocenters. The average molecular weight is 207 g/mol. The number of hydrogen-bond donors (Lipinski definition) is 0. The van der Waals surface area contributed by atoms with Crippen LogP contribution in [0, 0.1) is 5.41 Å². The molecule has 10 heavy (non-hydrogen) atoms. The first kappa shape index (κ1) is 10.2. The smallest absolute Gasteiger partial charge is 0.139 e. The van der Waals surface area contributed by atoms with Gasteiger partial charge in [-0.2, -0.15) is 0 Å². The van der Waals surface area contributed by atoms with Crippen LogP contribution in [0.1, 0.15) is 34.1 Å². The summed E-state index contributed by atoms with van der Waals surface area (Å²) < 4.78 is 0. The van der Waals surface area contributed by atoms with Gasteiger partial charge < -0.3 is 0 Å². The van der Waals surface area contributed by atoms with Gasteiger partial charge in [-0.05, 0) is 0 Å². The van der Waals surface area contributed by atoms with Crippen LogP contribution >= 0.6 is 15.9 Å². The summed E-state index contributed by atoms with van der Waals surface area (Å²) in [6.07, 6.45) is 0.628. The molecule has 0 bridgehead atoms. The number of Topliss-reactive ketones (excluding diaryl/α,β-unsaturated/α-hetero) is 1. The molecule has 2 heteroatoms. The van der Waals surface area contributed by atoms with Gasteiger partial charge >= 0.3 is 0 Å². The third-order valence-electron chi connectivity index (χ3n) is 1.30. The minimum absolute atomic E-state index is 0.179. The first-order valence-corrected chi connectivity index (χ1v) is 4.43. The first-order chi connectivity index (χ1) is 4.34. The average Bonchev–Trinajstić information content (AvgIpc) is 1.60. The first-order valence-electron chi connectivity index (χ1n) is 3.51. The molecular weight excluding hydrogens is 192 g/mol. The molecule has 0 fully saturated rings. The minimum Gasteiger partial charge on any atom is -0.299 e. The second-order valence-corrected chi connectivity index (χ2v) is 5.22. The second-order valence-electron chi connectivity index (χ2n) is 3.66. The summed E-state index contributed by atoms with van der Waals surface area (Å²) in [5.41, 5.74) is -0.179. The number of carbonyl (C=O) groups excluding carboxylic acids is 1. The molecule has 0 heterocycles. The van der Waals surface area contributed by atoms with E-state index in [9.17, 15) is 4.79 Å². The van der Waals surface area contributed by atoms with Crippen LogP contribution in [-0.2, 0) is 4.79 Å². The predicted octanol–water partition coefficient (Wildman–Crippen LogP) is 2.78. The van der Waals surface area contributed by atoms with E-state index in [0.29, 0.717) is 17.0 Å². The Kier molecular flexibility index (Phi) is 3.57. The van der Waals surface area contributed by atoms with Gasteiger partial charge in [-0.3, -0.25) is 4.79 Å². The summed E-state index contributed by atoms with van der Waals surface area (Å²) in [6, 6.07) is 0. The number of rotatable bonds is 2. The molecule has 0 saturated heterocycles. The van der Waals surface area contributed by atoms with E-state index >= 15 is 0 Å². The molecule has 0 aromatic rings. The zero-order valence-electron chi connectivity index (χ0n) is 7.07. The highest BCUT2D eigenvalue weighted by Gasteiger charge is 2.21. The van der Waals surface area contributed by atoms with Gasteiger partial charge in [0.25, 0.3) is 0 Å².